The van der Waals surface area contributed by atoms with E-state index in [4.69, 9.17) is 0 Å². The van der Waals surface area contributed by atoms with Gasteiger partial charge in [0.1, 0.15) is 0 Å². The van der Waals surface area contributed by atoms with Gasteiger partial charge in [0.05, 0.1) is 49.8 Å². The van der Waals surface area contributed by atoms with E-state index in [0.29, 0.717) is 0 Å². The van der Waals surface area contributed by atoms with Gasteiger partial charge < -0.3 is 18.3 Å². The van der Waals surface area contributed by atoms with Gasteiger partial charge in [-0.1, -0.05) is 115 Å². The van der Waals surface area contributed by atoms with Crippen molar-refractivity contribution in [1.29, 1.82) is 0 Å². The summed E-state index contributed by atoms with van der Waals surface area (Å²) in [5.41, 5.74) is 16.7. The van der Waals surface area contributed by atoms with Crippen LogP contribution in [-0.4, -0.2) is 18.3 Å². The zero-order chi connectivity index (χ0) is 42.3. The highest BCUT2D eigenvalue weighted by Gasteiger charge is 2.24. The summed E-state index contributed by atoms with van der Waals surface area (Å²) in [6.45, 7) is 0. The molecule has 0 bridgehead atoms. The molecule has 0 saturated heterocycles. The number of para-hydroxylation sites is 4. The molecule has 15 aromatic rings. The quantitative estimate of drug-likeness (QED) is 0.164. The number of benzene rings is 10. The summed E-state index contributed by atoms with van der Waals surface area (Å²) in [5, 5.41) is 10.2. The lowest BCUT2D eigenvalue weighted by Gasteiger charge is -2.17. The molecule has 0 radical (unpaired) electrons. The molecule has 10 aromatic carbocycles. The first-order valence-corrected chi connectivity index (χ1v) is 23.1. The van der Waals surface area contributed by atoms with Gasteiger partial charge in [-0.15, -0.1) is 11.3 Å². The van der Waals surface area contributed by atoms with Crippen molar-refractivity contribution in [3.63, 3.8) is 0 Å². The van der Waals surface area contributed by atoms with E-state index in [-0.39, 0.29) is 0 Å². The number of nitrogens with zero attached hydrogens (tertiary/aromatic N) is 4. The van der Waals surface area contributed by atoms with Crippen LogP contribution in [0.5, 0.6) is 0 Å². The maximum absolute atomic E-state index is 2.49. The molecule has 0 saturated carbocycles. The lowest BCUT2D eigenvalue weighted by atomic mass is 10.0. The van der Waals surface area contributed by atoms with Gasteiger partial charge in [0, 0.05) is 75.1 Å². The molecule has 0 N–H and O–H groups in total. The number of hydrogen-bond acceptors (Lipinski definition) is 1. The van der Waals surface area contributed by atoms with E-state index < -0.39 is 0 Å². The lowest BCUT2D eigenvalue weighted by Crippen LogP contribution is -2.00. The van der Waals surface area contributed by atoms with Crippen molar-refractivity contribution >= 4 is 108 Å². The van der Waals surface area contributed by atoms with E-state index in [1.165, 1.54) is 113 Å². The maximum Gasteiger partial charge on any atom is 0.0563 e. The molecule has 5 heteroatoms. The van der Waals surface area contributed by atoms with Crippen LogP contribution in [0.4, 0.5) is 0 Å². The standard InChI is InChI=1S/C60H36N4S/c1-6-21-48(64-55-27-12-25-53-59(55)60-54(26-13-28-56(60)64)63(53)40-31-33-58-47(36-40)45-20-5-10-29-57(45)65-58)41(16-1)37-14-11-15-38(34-37)61-51-24-9-4-19-44(51)46-35-39(30-32-52(46)61)62-49-22-7-2-17-42(49)43-18-3-8-23-50(43)62/h1-36H. The number of thiophene rings is 1. The minimum Gasteiger partial charge on any atom is -0.309 e. The van der Waals surface area contributed by atoms with E-state index in [9.17, 15) is 0 Å². The molecule has 65 heavy (non-hydrogen) atoms. The maximum atomic E-state index is 2.49. The zero-order valence-corrected chi connectivity index (χ0v) is 35.8. The molecular formula is C60H36N4S. The van der Waals surface area contributed by atoms with Crippen LogP contribution >= 0.6 is 11.3 Å². The summed E-state index contributed by atoms with van der Waals surface area (Å²) in [4.78, 5) is 0. The average Bonchev–Trinajstić information content (AvgIpc) is 4.17. The van der Waals surface area contributed by atoms with Crippen molar-refractivity contribution in [2.45, 2.75) is 0 Å². The van der Waals surface area contributed by atoms with Crippen molar-refractivity contribution < 1.29 is 0 Å². The second kappa shape index (κ2) is 13.1. The van der Waals surface area contributed by atoms with Gasteiger partial charge in [0.15, 0.2) is 0 Å². The molecule has 0 aliphatic rings. The third-order valence-electron chi connectivity index (χ3n) is 13.9. The van der Waals surface area contributed by atoms with E-state index in [1.54, 1.807) is 0 Å². The number of hydrogen-bond donors (Lipinski definition) is 0. The highest BCUT2D eigenvalue weighted by atomic mass is 32.1. The summed E-state index contributed by atoms with van der Waals surface area (Å²) < 4.78 is 12.5. The molecule has 0 aliphatic carbocycles. The zero-order valence-electron chi connectivity index (χ0n) is 35.0. The SMILES string of the molecule is c1cc(-c2ccccc2-n2c3cccc4c3c3c(cccc32)n4-c2ccc3sc4ccccc4c3c2)cc(-n2c3ccccc3c3cc(-n4c5ccccc5c5ccccc54)ccc32)c1. The van der Waals surface area contributed by atoms with Crippen LogP contribution in [-0.2, 0) is 0 Å². The van der Waals surface area contributed by atoms with Crippen molar-refractivity contribution in [3.8, 4) is 33.9 Å². The number of aromatic nitrogens is 4. The van der Waals surface area contributed by atoms with Crippen molar-refractivity contribution in [3.05, 3.63) is 218 Å². The summed E-state index contributed by atoms with van der Waals surface area (Å²) in [6.07, 6.45) is 0. The Morgan fingerprint density at radius 1 is 0.262 bits per heavy atom. The second-order valence-corrected chi connectivity index (χ2v) is 18.4. The lowest BCUT2D eigenvalue weighted by molar-refractivity contribution is 1.16. The van der Waals surface area contributed by atoms with Gasteiger partial charge in [0.2, 0.25) is 0 Å². The third kappa shape index (κ3) is 4.79. The van der Waals surface area contributed by atoms with Crippen molar-refractivity contribution in [2.75, 3.05) is 0 Å². The first kappa shape index (κ1) is 35.1. The highest BCUT2D eigenvalue weighted by molar-refractivity contribution is 7.25. The molecule has 0 aliphatic heterocycles. The third-order valence-corrected chi connectivity index (χ3v) is 15.1. The molecule has 5 aromatic heterocycles. The van der Waals surface area contributed by atoms with Crippen LogP contribution in [0.3, 0.4) is 0 Å². The van der Waals surface area contributed by atoms with Crippen LogP contribution in [0.25, 0.3) is 130 Å². The Balaban J connectivity index is 0.893. The summed E-state index contributed by atoms with van der Waals surface area (Å²) in [7, 11) is 0. The largest absolute Gasteiger partial charge is 0.309 e. The Kier molecular flexibility index (Phi) is 7.07. The predicted octanol–water partition coefficient (Wildman–Crippen LogP) is 16.4. The van der Waals surface area contributed by atoms with E-state index >= 15 is 0 Å². The van der Waals surface area contributed by atoms with E-state index in [1.807, 2.05) is 11.3 Å². The molecule has 302 valence electrons. The summed E-state index contributed by atoms with van der Waals surface area (Å²) >= 11 is 1.87. The first-order valence-electron chi connectivity index (χ1n) is 22.3. The van der Waals surface area contributed by atoms with Gasteiger partial charge in [-0.3, -0.25) is 0 Å². The minimum atomic E-state index is 1.13. The normalized spacial score (nSPS) is 12.3. The molecule has 0 fully saturated rings. The van der Waals surface area contributed by atoms with E-state index in [0.717, 1.165) is 17.1 Å². The number of rotatable bonds is 5. The fraction of sp³-hybridized carbons (Fsp3) is 0. The van der Waals surface area contributed by atoms with Crippen LogP contribution in [0.2, 0.25) is 0 Å². The number of fused-ring (bicyclic) bond motifs is 9. The first-order chi connectivity index (χ1) is 32.3. The molecule has 0 unspecified atom stereocenters. The summed E-state index contributed by atoms with van der Waals surface area (Å²) in [5.74, 6) is 0. The Hall–Kier alpha value is -8.38. The van der Waals surface area contributed by atoms with Gasteiger partial charge in [0.25, 0.3) is 0 Å². The Morgan fingerprint density at radius 2 is 0.708 bits per heavy atom. The van der Waals surface area contributed by atoms with Gasteiger partial charge in [-0.05, 0) is 109 Å². The molecular weight excluding hydrogens is 809 g/mol. The van der Waals surface area contributed by atoms with Crippen LogP contribution < -0.4 is 0 Å². The van der Waals surface area contributed by atoms with Gasteiger partial charge >= 0.3 is 0 Å². The van der Waals surface area contributed by atoms with Gasteiger partial charge in [-0.2, -0.15) is 0 Å². The van der Waals surface area contributed by atoms with Crippen LogP contribution in [0, 0.1) is 0 Å². The fourth-order valence-electron chi connectivity index (χ4n) is 11.3. The molecule has 4 nitrogen and oxygen atoms in total. The molecule has 15 rings (SSSR count). The van der Waals surface area contributed by atoms with Crippen molar-refractivity contribution in [1.82, 2.24) is 18.3 Å². The van der Waals surface area contributed by atoms with Gasteiger partial charge in [-0.25, -0.2) is 0 Å². The Labute approximate surface area is 376 Å². The molecule has 0 atom stereocenters. The fourth-order valence-corrected chi connectivity index (χ4v) is 12.4. The van der Waals surface area contributed by atoms with Crippen LogP contribution in [0.1, 0.15) is 0 Å². The topological polar surface area (TPSA) is 19.7 Å². The smallest absolute Gasteiger partial charge is 0.0563 e. The average molecular weight is 845 g/mol. The van der Waals surface area contributed by atoms with E-state index in [2.05, 4.69) is 237 Å². The Bertz CT molecular complexity index is 4310. The molecule has 0 spiro atoms. The predicted molar refractivity (Wildman–Crippen MR) is 276 cm³/mol. The molecule has 0 amide bonds. The summed E-state index contributed by atoms with van der Waals surface area (Å²) in [6, 6.07) is 80.6. The molecule has 5 heterocycles. The van der Waals surface area contributed by atoms with Crippen molar-refractivity contribution in [2.24, 2.45) is 0 Å². The minimum absolute atomic E-state index is 1.13. The monoisotopic (exact) mass is 844 g/mol. The van der Waals surface area contributed by atoms with Crippen LogP contribution in [0.15, 0.2) is 218 Å². The highest BCUT2D eigenvalue weighted by Crippen LogP contribution is 2.45. The Morgan fingerprint density at radius 3 is 1.38 bits per heavy atom. The second-order valence-electron chi connectivity index (χ2n) is 17.3.